The number of esters is 2. The van der Waals surface area contributed by atoms with Gasteiger partial charge in [0.2, 0.25) is 11.8 Å². The number of amides is 3. The van der Waals surface area contributed by atoms with Crippen LogP contribution in [0.3, 0.4) is 0 Å². The zero-order chi connectivity index (χ0) is 29.7. The minimum absolute atomic E-state index is 0.283. The summed E-state index contributed by atoms with van der Waals surface area (Å²) in [6.07, 6.45) is 0. The van der Waals surface area contributed by atoms with Crippen molar-refractivity contribution in [2.24, 2.45) is 17.8 Å². The van der Waals surface area contributed by atoms with Crippen LogP contribution in [0.2, 0.25) is 0 Å². The molecule has 9 heteroatoms. The Balaban J connectivity index is 1.21. The highest BCUT2D eigenvalue weighted by Gasteiger charge is 2.63. The molecule has 3 aromatic rings. The quantitative estimate of drug-likeness (QED) is 0.341. The van der Waals surface area contributed by atoms with Crippen molar-refractivity contribution in [3.8, 4) is 0 Å². The van der Waals surface area contributed by atoms with Gasteiger partial charge in [-0.15, -0.1) is 0 Å². The maximum atomic E-state index is 14.1. The van der Waals surface area contributed by atoms with E-state index in [4.69, 9.17) is 4.74 Å². The molecule has 1 N–H and O–H groups in total. The molecule has 0 spiro atoms. The van der Waals surface area contributed by atoms with Crippen molar-refractivity contribution in [2.45, 2.75) is 31.7 Å². The van der Waals surface area contributed by atoms with Gasteiger partial charge in [-0.05, 0) is 52.4 Å². The van der Waals surface area contributed by atoms with Crippen LogP contribution in [0, 0.1) is 17.8 Å². The molecule has 2 bridgehead atoms. The smallest absolute Gasteiger partial charge is 0.337 e. The summed E-state index contributed by atoms with van der Waals surface area (Å²) in [4.78, 5) is 66.8. The monoisotopic (exact) mass is 566 g/mol. The number of rotatable bonds is 7. The van der Waals surface area contributed by atoms with E-state index >= 15 is 0 Å². The van der Waals surface area contributed by atoms with Gasteiger partial charge in [0.05, 0.1) is 24.5 Å². The Bertz CT molecular complexity index is 1500. The first-order chi connectivity index (χ1) is 20.2. The van der Waals surface area contributed by atoms with E-state index in [1.165, 1.54) is 31.4 Å². The molecule has 1 fully saturated rings. The third-order valence-electron chi connectivity index (χ3n) is 8.57. The minimum atomic E-state index is -1.17. The second-order valence-electron chi connectivity index (χ2n) is 11.2. The second-order valence-corrected chi connectivity index (χ2v) is 11.2. The van der Waals surface area contributed by atoms with Crippen LogP contribution >= 0.6 is 0 Å². The van der Waals surface area contributed by atoms with E-state index in [2.05, 4.69) is 10.1 Å². The van der Waals surface area contributed by atoms with Gasteiger partial charge in [-0.25, -0.2) is 9.59 Å². The highest BCUT2D eigenvalue weighted by molar-refractivity contribution is 6.10. The van der Waals surface area contributed by atoms with Gasteiger partial charge in [-0.2, -0.15) is 0 Å². The second kappa shape index (κ2) is 10.6. The molecule has 9 nitrogen and oxygen atoms in total. The predicted molar refractivity (Wildman–Crippen MR) is 151 cm³/mol. The van der Waals surface area contributed by atoms with Crippen molar-refractivity contribution in [1.82, 2.24) is 4.90 Å². The minimum Gasteiger partial charge on any atom is -0.465 e. The molecule has 0 aromatic heterocycles. The summed E-state index contributed by atoms with van der Waals surface area (Å²) >= 11 is 0. The molecule has 0 unspecified atom stereocenters. The Kier molecular flexibility index (Phi) is 6.88. The molecule has 3 amide bonds. The maximum Gasteiger partial charge on any atom is 0.337 e. The highest BCUT2D eigenvalue weighted by Crippen LogP contribution is 2.61. The average Bonchev–Trinajstić information content (AvgIpc) is 3.26. The molecule has 3 aromatic carbocycles. The van der Waals surface area contributed by atoms with E-state index in [1.807, 2.05) is 48.5 Å². The fraction of sp³-hybridized carbons (Fsp3) is 0.303. The predicted octanol–water partition coefficient (Wildman–Crippen LogP) is 3.87. The zero-order valence-electron chi connectivity index (χ0n) is 23.4. The lowest BCUT2D eigenvalue weighted by atomic mass is 9.55. The van der Waals surface area contributed by atoms with Crippen molar-refractivity contribution in [2.75, 3.05) is 19.0 Å². The molecule has 42 heavy (non-hydrogen) atoms. The summed E-state index contributed by atoms with van der Waals surface area (Å²) in [6, 6.07) is 20.8. The van der Waals surface area contributed by atoms with Gasteiger partial charge in [0.1, 0.15) is 6.04 Å². The van der Waals surface area contributed by atoms with Gasteiger partial charge < -0.3 is 14.8 Å². The van der Waals surface area contributed by atoms with Crippen LogP contribution in [0.25, 0.3) is 0 Å². The van der Waals surface area contributed by atoms with Crippen molar-refractivity contribution < 1.29 is 33.4 Å². The molecule has 1 heterocycles. The fourth-order valence-corrected chi connectivity index (χ4v) is 6.88. The van der Waals surface area contributed by atoms with E-state index in [1.54, 1.807) is 13.8 Å². The molecule has 0 saturated carbocycles. The van der Waals surface area contributed by atoms with Crippen molar-refractivity contribution in [3.05, 3.63) is 101 Å². The molecule has 0 radical (unpaired) electrons. The number of methoxy groups -OCH3 is 1. The summed E-state index contributed by atoms with van der Waals surface area (Å²) in [5.41, 5.74) is 4.90. The molecule has 1 aliphatic heterocycles. The van der Waals surface area contributed by atoms with Gasteiger partial charge in [-0.1, -0.05) is 62.4 Å². The van der Waals surface area contributed by atoms with Gasteiger partial charge in [-0.3, -0.25) is 19.3 Å². The number of carbonyl (C=O) groups excluding carboxylic acids is 5. The Hall–Kier alpha value is -4.79. The first kappa shape index (κ1) is 27.4. The van der Waals surface area contributed by atoms with Crippen LogP contribution in [0.5, 0.6) is 0 Å². The largest absolute Gasteiger partial charge is 0.465 e. The first-order valence-electron chi connectivity index (χ1n) is 13.9. The average molecular weight is 567 g/mol. The van der Waals surface area contributed by atoms with Crippen LogP contribution in [-0.4, -0.2) is 54.3 Å². The Labute approximate surface area is 242 Å². The van der Waals surface area contributed by atoms with E-state index in [0.717, 1.165) is 27.2 Å². The number of carbonyl (C=O) groups is 5. The number of nitrogens with one attached hydrogen (secondary N) is 1. The highest BCUT2D eigenvalue weighted by atomic mass is 16.5. The van der Waals surface area contributed by atoms with Crippen LogP contribution in [0.15, 0.2) is 72.8 Å². The number of anilines is 1. The van der Waals surface area contributed by atoms with Crippen LogP contribution in [-0.2, 0) is 28.7 Å². The molecule has 1 saturated heterocycles. The van der Waals surface area contributed by atoms with E-state index in [0.29, 0.717) is 11.3 Å². The molecule has 214 valence electrons. The topological polar surface area (TPSA) is 119 Å². The molecule has 3 aliphatic carbocycles. The van der Waals surface area contributed by atoms with Crippen molar-refractivity contribution in [1.29, 1.82) is 0 Å². The third-order valence-corrected chi connectivity index (χ3v) is 8.57. The van der Waals surface area contributed by atoms with Gasteiger partial charge >= 0.3 is 11.9 Å². The number of hydrogen-bond acceptors (Lipinski definition) is 7. The molecular weight excluding hydrogens is 536 g/mol. The fourth-order valence-electron chi connectivity index (χ4n) is 6.88. The van der Waals surface area contributed by atoms with Crippen LogP contribution < -0.4 is 5.32 Å². The normalized spacial score (nSPS) is 22.2. The molecular formula is C33H30N2O7. The van der Waals surface area contributed by atoms with Gasteiger partial charge in [0.25, 0.3) is 5.91 Å². The lowest BCUT2D eigenvalue weighted by Crippen LogP contribution is -2.49. The summed E-state index contributed by atoms with van der Waals surface area (Å²) < 4.78 is 10.0. The van der Waals surface area contributed by atoms with Crippen LogP contribution in [0.1, 0.15) is 58.3 Å². The summed E-state index contributed by atoms with van der Waals surface area (Å²) in [5.74, 6) is -4.92. The number of likely N-dealkylation sites (tertiary alicyclic amines) is 1. The Morgan fingerprint density at radius 3 is 1.69 bits per heavy atom. The van der Waals surface area contributed by atoms with Gasteiger partial charge in [0, 0.05) is 17.5 Å². The molecule has 7 rings (SSSR count). The van der Waals surface area contributed by atoms with E-state index < -0.39 is 48.2 Å². The van der Waals surface area contributed by atoms with Crippen LogP contribution in [0.4, 0.5) is 5.69 Å². The summed E-state index contributed by atoms with van der Waals surface area (Å²) in [6.45, 7) is 2.89. The number of benzene rings is 3. The lowest BCUT2D eigenvalue weighted by molar-refractivity contribution is -0.162. The lowest BCUT2D eigenvalue weighted by Gasteiger charge is -2.45. The van der Waals surface area contributed by atoms with E-state index in [9.17, 15) is 24.0 Å². The standard InChI is InChI=1S/C33H30N2O7/c1-17(2)29(33(40)42-16-24(36)34-19-14-12-18(13-15-19)32(39)41-3)35-30(37)27-25-20-8-4-5-9-21(20)26(28(27)31(35)38)23-11-7-6-10-22(23)25/h4-15,17,25-29H,16H2,1-3H3,(H,34,36)/t25?,26?,27-,28-,29+/m1/s1. The number of imide groups is 1. The SMILES string of the molecule is COC(=O)c1ccc(NC(=O)COC(=O)[C@H](C(C)C)N2C(=O)[C@@H]3C4c5ccccc5C(c5ccccc54)[C@H]3C2=O)cc1. The van der Waals surface area contributed by atoms with Gasteiger partial charge in [0.15, 0.2) is 6.61 Å². The summed E-state index contributed by atoms with van der Waals surface area (Å²) in [7, 11) is 1.27. The number of nitrogens with zero attached hydrogens (tertiary/aromatic N) is 1. The number of ether oxygens (including phenoxy) is 2. The molecule has 4 aliphatic rings. The molecule has 3 atom stereocenters. The van der Waals surface area contributed by atoms with Crippen molar-refractivity contribution >= 4 is 35.3 Å². The van der Waals surface area contributed by atoms with E-state index in [-0.39, 0.29) is 23.7 Å². The first-order valence-corrected chi connectivity index (χ1v) is 13.9. The maximum absolute atomic E-state index is 14.1. The zero-order valence-corrected chi connectivity index (χ0v) is 23.4. The Morgan fingerprint density at radius 2 is 1.26 bits per heavy atom. The van der Waals surface area contributed by atoms with Crippen molar-refractivity contribution in [3.63, 3.8) is 0 Å². The number of hydrogen-bond donors (Lipinski definition) is 1. The summed E-state index contributed by atoms with van der Waals surface area (Å²) in [5, 5.41) is 2.60. The third kappa shape index (κ3) is 4.27. The Morgan fingerprint density at radius 1 is 0.786 bits per heavy atom.